The molecule has 0 radical (unpaired) electrons. The number of nitrogens with two attached hydrogens (primary N) is 1. The summed E-state index contributed by atoms with van der Waals surface area (Å²) < 4.78 is 14.1. The first-order chi connectivity index (χ1) is 15.4. The maximum atomic E-state index is 13.3. The van der Waals surface area contributed by atoms with Crippen LogP contribution in [-0.4, -0.2) is 11.1 Å². The molecule has 5 nitrogen and oxygen atoms in total. The second kappa shape index (κ2) is 11.1. The zero-order valence-electron chi connectivity index (χ0n) is 16.6. The number of rotatable bonds is 6. The van der Waals surface area contributed by atoms with Crippen molar-refractivity contribution in [2.45, 2.75) is 12.3 Å². The van der Waals surface area contributed by atoms with Crippen LogP contribution < -0.4 is 11.1 Å². The molecule has 0 spiro atoms. The van der Waals surface area contributed by atoms with E-state index in [1.54, 1.807) is 30.3 Å². The number of carbonyl (C=O) groups is 1. The fourth-order valence-corrected chi connectivity index (χ4v) is 3.99. The van der Waals surface area contributed by atoms with Gasteiger partial charge in [-0.05, 0) is 53.6 Å². The summed E-state index contributed by atoms with van der Waals surface area (Å²) >= 11 is 10.4. The van der Waals surface area contributed by atoms with E-state index in [0.717, 1.165) is 15.6 Å². The van der Waals surface area contributed by atoms with Gasteiger partial charge in [0, 0.05) is 22.3 Å². The first-order valence-corrected chi connectivity index (χ1v) is 11.5. The molecule has 0 unspecified atom stereocenters. The summed E-state index contributed by atoms with van der Waals surface area (Å²) in [6, 6.07) is 18.6. The average Bonchev–Trinajstić information content (AvgIpc) is 2.79. The molecule has 1 amide bonds. The molecule has 3 N–H and O–H groups in total. The SMILES string of the molecule is N#Cc1ccc(CNC(=O)c2cc(Br)ccc2CS/C(N)=N/c2ccc(F)c(Cl)c2)cc1. The molecule has 9 heteroatoms. The van der Waals surface area contributed by atoms with Crippen molar-refractivity contribution >= 4 is 56.1 Å². The van der Waals surface area contributed by atoms with E-state index in [1.165, 1.54) is 30.0 Å². The van der Waals surface area contributed by atoms with Crippen molar-refractivity contribution in [1.82, 2.24) is 5.32 Å². The van der Waals surface area contributed by atoms with Gasteiger partial charge in [-0.25, -0.2) is 9.38 Å². The van der Waals surface area contributed by atoms with Gasteiger partial charge < -0.3 is 11.1 Å². The highest BCUT2D eigenvalue weighted by Crippen LogP contribution is 2.25. The van der Waals surface area contributed by atoms with Crippen LogP contribution in [0.3, 0.4) is 0 Å². The molecule has 0 heterocycles. The van der Waals surface area contributed by atoms with Crippen LogP contribution in [0, 0.1) is 17.1 Å². The maximum absolute atomic E-state index is 13.3. The Bertz CT molecular complexity index is 1210. The van der Waals surface area contributed by atoms with Gasteiger partial charge in [0.15, 0.2) is 5.17 Å². The van der Waals surface area contributed by atoms with Gasteiger partial charge in [0.2, 0.25) is 0 Å². The van der Waals surface area contributed by atoms with E-state index in [1.807, 2.05) is 12.1 Å². The van der Waals surface area contributed by atoms with Crippen molar-refractivity contribution in [3.8, 4) is 6.07 Å². The molecule has 0 aliphatic heterocycles. The van der Waals surface area contributed by atoms with Crippen LogP contribution in [0.4, 0.5) is 10.1 Å². The minimum atomic E-state index is -0.525. The van der Waals surface area contributed by atoms with Crippen LogP contribution in [0.15, 0.2) is 70.1 Å². The van der Waals surface area contributed by atoms with Crippen molar-refractivity contribution in [1.29, 1.82) is 5.26 Å². The third-order valence-corrected chi connectivity index (χ3v) is 6.00. The molecule has 0 saturated carbocycles. The molecule has 0 atom stereocenters. The topological polar surface area (TPSA) is 91.3 Å². The molecule has 0 aliphatic rings. The normalized spacial score (nSPS) is 11.1. The van der Waals surface area contributed by atoms with Crippen LogP contribution in [0.1, 0.15) is 27.0 Å². The molecule has 0 aromatic heterocycles. The van der Waals surface area contributed by atoms with E-state index < -0.39 is 5.82 Å². The van der Waals surface area contributed by atoms with Crippen molar-refractivity contribution in [3.63, 3.8) is 0 Å². The first-order valence-electron chi connectivity index (χ1n) is 9.33. The summed E-state index contributed by atoms with van der Waals surface area (Å²) in [7, 11) is 0. The number of amides is 1. The number of hydrogen-bond acceptors (Lipinski definition) is 4. The number of halogens is 3. The minimum absolute atomic E-state index is 0.0295. The summed E-state index contributed by atoms with van der Waals surface area (Å²) in [6.45, 7) is 0.332. The molecule has 32 heavy (non-hydrogen) atoms. The first kappa shape index (κ1) is 23.8. The van der Waals surface area contributed by atoms with E-state index in [9.17, 15) is 9.18 Å². The monoisotopic (exact) mass is 530 g/mol. The Morgan fingerprint density at radius 3 is 2.62 bits per heavy atom. The van der Waals surface area contributed by atoms with Gasteiger partial charge in [-0.1, -0.05) is 57.5 Å². The van der Waals surface area contributed by atoms with Crippen LogP contribution in [-0.2, 0) is 12.3 Å². The second-order valence-electron chi connectivity index (χ2n) is 6.63. The highest BCUT2D eigenvalue weighted by molar-refractivity contribution is 9.10. The second-order valence-corrected chi connectivity index (χ2v) is 8.95. The Kier molecular flexibility index (Phi) is 8.28. The number of thioether (sulfide) groups is 1. The lowest BCUT2D eigenvalue weighted by atomic mass is 10.1. The Morgan fingerprint density at radius 2 is 1.94 bits per heavy atom. The number of amidine groups is 1. The number of nitrogens with one attached hydrogen (secondary N) is 1. The van der Waals surface area contributed by atoms with E-state index in [4.69, 9.17) is 22.6 Å². The van der Waals surface area contributed by atoms with Crippen LogP contribution >= 0.6 is 39.3 Å². The largest absolute Gasteiger partial charge is 0.378 e. The molecule has 0 fully saturated rings. The van der Waals surface area contributed by atoms with Gasteiger partial charge in [0.25, 0.3) is 5.91 Å². The molecule has 0 saturated heterocycles. The summed E-state index contributed by atoms with van der Waals surface area (Å²) in [5.41, 5.74) is 9.19. The standard InChI is InChI=1S/C23H17BrClFN4OS/c24-17-6-5-16(13-32-23(28)30-18-7-8-21(26)20(25)10-18)19(9-17)22(31)29-12-15-3-1-14(11-27)2-4-15/h1-10H,12-13H2,(H2,28,30)(H,29,31). The van der Waals surface area contributed by atoms with Crippen LogP contribution in [0.5, 0.6) is 0 Å². The lowest BCUT2D eigenvalue weighted by molar-refractivity contribution is 0.0950. The number of aliphatic imine (C=N–C) groups is 1. The Morgan fingerprint density at radius 1 is 1.19 bits per heavy atom. The van der Waals surface area contributed by atoms with Crippen molar-refractivity contribution in [2.75, 3.05) is 0 Å². The molecule has 3 aromatic carbocycles. The van der Waals surface area contributed by atoms with Gasteiger partial charge in [-0.15, -0.1) is 0 Å². The lowest BCUT2D eigenvalue weighted by Gasteiger charge is -2.11. The fourth-order valence-electron chi connectivity index (χ4n) is 2.73. The van der Waals surface area contributed by atoms with Gasteiger partial charge in [0.05, 0.1) is 22.3 Å². The molecule has 0 aliphatic carbocycles. The number of carbonyl (C=O) groups excluding carboxylic acids is 1. The zero-order chi connectivity index (χ0) is 23.1. The van der Waals surface area contributed by atoms with Gasteiger partial charge in [-0.3, -0.25) is 4.79 Å². The highest BCUT2D eigenvalue weighted by Gasteiger charge is 2.13. The number of benzene rings is 3. The van der Waals surface area contributed by atoms with E-state index in [-0.39, 0.29) is 16.1 Å². The number of nitriles is 1. The summed E-state index contributed by atoms with van der Waals surface area (Å²) in [5.74, 6) is -0.340. The van der Waals surface area contributed by atoms with E-state index in [2.05, 4.69) is 32.3 Å². The molecule has 162 valence electrons. The Hall–Kier alpha value is -2.86. The van der Waals surface area contributed by atoms with Crippen molar-refractivity contribution in [3.05, 3.63) is 98.2 Å². The van der Waals surface area contributed by atoms with Crippen molar-refractivity contribution < 1.29 is 9.18 Å². The molecule has 0 bridgehead atoms. The van der Waals surface area contributed by atoms with E-state index in [0.29, 0.717) is 29.1 Å². The molecular weight excluding hydrogens is 515 g/mol. The van der Waals surface area contributed by atoms with Gasteiger partial charge >= 0.3 is 0 Å². The summed E-state index contributed by atoms with van der Waals surface area (Å²) in [5, 5.41) is 12.0. The maximum Gasteiger partial charge on any atom is 0.251 e. The predicted octanol–water partition coefficient (Wildman–Crippen LogP) is 5.92. The summed E-state index contributed by atoms with van der Waals surface area (Å²) in [6.07, 6.45) is 0. The third kappa shape index (κ3) is 6.57. The average molecular weight is 532 g/mol. The number of hydrogen-bond donors (Lipinski definition) is 2. The van der Waals surface area contributed by atoms with Gasteiger partial charge in [-0.2, -0.15) is 5.26 Å². The van der Waals surface area contributed by atoms with Crippen LogP contribution in [0.2, 0.25) is 5.02 Å². The van der Waals surface area contributed by atoms with Crippen LogP contribution in [0.25, 0.3) is 0 Å². The predicted molar refractivity (Wildman–Crippen MR) is 130 cm³/mol. The minimum Gasteiger partial charge on any atom is -0.378 e. The fraction of sp³-hybridized carbons (Fsp3) is 0.0870. The third-order valence-electron chi connectivity index (χ3n) is 4.37. The van der Waals surface area contributed by atoms with Gasteiger partial charge in [0.1, 0.15) is 5.82 Å². The highest BCUT2D eigenvalue weighted by atomic mass is 79.9. The Balaban J connectivity index is 1.68. The smallest absolute Gasteiger partial charge is 0.251 e. The quantitative estimate of drug-likeness (QED) is 0.305. The van der Waals surface area contributed by atoms with Crippen molar-refractivity contribution in [2.24, 2.45) is 10.7 Å². The molecular formula is C23H17BrClFN4OS. The molecule has 3 aromatic rings. The summed E-state index contributed by atoms with van der Waals surface area (Å²) in [4.78, 5) is 17.0. The lowest BCUT2D eigenvalue weighted by Crippen LogP contribution is -2.24. The van der Waals surface area contributed by atoms with E-state index >= 15 is 0 Å². The Labute approximate surface area is 202 Å². The zero-order valence-corrected chi connectivity index (χ0v) is 19.8. The molecule has 3 rings (SSSR count). The number of nitrogens with zero attached hydrogens (tertiary/aromatic N) is 2.